The van der Waals surface area contributed by atoms with Crippen molar-refractivity contribution in [3.63, 3.8) is 0 Å². The van der Waals surface area contributed by atoms with Crippen molar-refractivity contribution in [2.75, 3.05) is 6.54 Å². The van der Waals surface area contributed by atoms with Crippen LogP contribution in [-0.4, -0.2) is 29.2 Å². The van der Waals surface area contributed by atoms with Crippen molar-refractivity contribution in [3.8, 4) is 0 Å². The summed E-state index contributed by atoms with van der Waals surface area (Å²) in [6.07, 6.45) is 0.834. The van der Waals surface area contributed by atoms with Gasteiger partial charge in [-0.05, 0) is 23.1 Å². The van der Waals surface area contributed by atoms with Gasteiger partial charge in [0.15, 0.2) is 6.10 Å². The first-order valence-electron chi connectivity index (χ1n) is 9.72. The Labute approximate surface area is 182 Å². The topological polar surface area (TPSA) is 41.9 Å². The molecule has 1 atom stereocenters. The van der Waals surface area contributed by atoms with Crippen LogP contribution in [0.5, 0.6) is 0 Å². The van der Waals surface area contributed by atoms with Gasteiger partial charge in [-0.1, -0.05) is 85.5 Å². The zero-order chi connectivity index (χ0) is 21.0. The van der Waals surface area contributed by atoms with Crippen molar-refractivity contribution in [2.45, 2.75) is 46.3 Å². The van der Waals surface area contributed by atoms with Crippen LogP contribution in [0.15, 0.2) is 53.7 Å². The van der Waals surface area contributed by atoms with Gasteiger partial charge < -0.3 is 9.74 Å². The molecular weight excluding hydrogens is 407 g/mol. The van der Waals surface area contributed by atoms with Gasteiger partial charge in [0.25, 0.3) is 0 Å². The van der Waals surface area contributed by atoms with E-state index in [1.165, 1.54) is 0 Å². The first-order chi connectivity index (χ1) is 13.7. The number of oxime groups is 1. The summed E-state index contributed by atoms with van der Waals surface area (Å²) in [6, 6.07) is 15.2. The highest BCUT2D eigenvalue weighted by atomic mass is 35.5. The lowest BCUT2D eigenvalue weighted by Gasteiger charge is -2.28. The van der Waals surface area contributed by atoms with Gasteiger partial charge >= 0.3 is 0 Å². The van der Waals surface area contributed by atoms with E-state index in [0.29, 0.717) is 36.0 Å². The normalized spacial score (nSPS) is 16.3. The van der Waals surface area contributed by atoms with Crippen LogP contribution in [0.1, 0.15) is 44.7 Å². The van der Waals surface area contributed by atoms with Crippen molar-refractivity contribution >= 4 is 34.8 Å². The molecule has 0 saturated carbocycles. The molecule has 4 nitrogen and oxygen atoms in total. The van der Waals surface area contributed by atoms with E-state index in [1.807, 2.05) is 53.4 Å². The van der Waals surface area contributed by atoms with Gasteiger partial charge in [-0.25, -0.2) is 0 Å². The van der Waals surface area contributed by atoms with Crippen molar-refractivity contribution in [3.05, 3.63) is 69.7 Å². The van der Waals surface area contributed by atoms with E-state index < -0.39 is 0 Å². The van der Waals surface area contributed by atoms with E-state index in [1.54, 1.807) is 0 Å². The maximum atomic E-state index is 13.0. The Morgan fingerprint density at radius 3 is 2.41 bits per heavy atom. The van der Waals surface area contributed by atoms with Crippen LogP contribution < -0.4 is 0 Å². The molecular formula is C23H26Cl2N2O2. The largest absolute Gasteiger partial charge is 0.390 e. The molecule has 0 N–H and O–H groups in total. The van der Waals surface area contributed by atoms with E-state index >= 15 is 0 Å². The summed E-state index contributed by atoms with van der Waals surface area (Å²) in [5.41, 5.74) is 2.49. The molecule has 0 saturated heterocycles. The molecule has 29 heavy (non-hydrogen) atoms. The third kappa shape index (κ3) is 5.97. The molecule has 6 heteroatoms. The second-order valence-corrected chi connectivity index (χ2v) is 9.37. The third-order valence-corrected chi connectivity index (χ3v) is 5.39. The molecule has 0 bridgehead atoms. The average molecular weight is 433 g/mol. The predicted molar refractivity (Wildman–Crippen MR) is 118 cm³/mol. The number of hydrogen-bond acceptors (Lipinski definition) is 3. The van der Waals surface area contributed by atoms with Crippen molar-refractivity contribution in [1.82, 2.24) is 4.90 Å². The van der Waals surface area contributed by atoms with Crippen LogP contribution in [0.25, 0.3) is 0 Å². The third-order valence-electron chi connectivity index (χ3n) is 4.70. The van der Waals surface area contributed by atoms with Crippen LogP contribution in [0.4, 0.5) is 0 Å². The van der Waals surface area contributed by atoms with Crippen LogP contribution >= 0.6 is 23.2 Å². The van der Waals surface area contributed by atoms with Crippen molar-refractivity contribution in [1.29, 1.82) is 0 Å². The Kier molecular flexibility index (Phi) is 6.86. The Balaban J connectivity index is 1.73. The van der Waals surface area contributed by atoms with E-state index in [-0.39, 0.29) is 17.4 Å². The number of amides is 1. The number of benzene rings is 2. The molecule has 0 spiro atoms. The molecule has 1 heterocycles. The highest BCUT2D eigenvalue weighted by Gasteiger charge is 2.29. The monoisotopic (exact) mass is 432 g/mol. The fraction of sp³-hybridized carbons (Fsp3) is 0.391. The minimum absolute atomic E-state index is 0.0761. The van der Waals surface area contributed by atoms with Gasteiger partial charge in [-0.3, -0.25) is 4.79 Å². The molecule has 154 valence electrons. The molecule has 1 amide bonds. The predicted octanol–water partition coefficient (Wildman–Crippen LogP) is 5.95. The van der Waals surface area contributed by atoms with Crippen LogP contribution in [0.2, 0.25) is 10.0 Å². The number of hydrogen-bond donors (Lipinski definition) is 0. The lowest BCUT2D eigenvalue weighted by molar-refractivity contribution is -0.135. The van der Waals surface area contributed by atoms with Crippen LogP contribution in [0.3, 0.4) is 0 Å². The number of carbonyl (C=O) groups excluding carboxylic acids is 1. The fourth-order valence-electron chi connectivity index (χ4n) is 3.28. The first kappa shape index (κ1) is 21.7. The first-order valence-corrected chi connectivity index (χ1v) is 10.5. The number of rotatable bonds is 6. The molecule has 2 aromatic rings. The smallest absolute Gasteiger partial charge is 0.223 e. The number of carbonyl (C=O) groups is 1. The molecule has 0 aliphatic carbocycles. The van der Waals surface area contributed by atoms with Gasteiger partial charge in [-0.15, -0.1) is 0 Å². The molecule has 0 fully saturated rings. The maximum absolute atomic E-state index is 13.0. The van der Waals surface area contributed by atoms with E-state index in [9.17, 15) is 4.79 Å². The zero-order valence-corrected chi connectivity index (χ0v) is 18.5. The summed E-state index contributed by atoms with van der Waals surface area (Å²) >= 11 is 12.6. The molecule has 1 aliphatic heterocycles. The quantitative estimate of drug-likeness (QED) is 0.565. The average Bonchev–Trinajstić information content (AvgIpc) is 3.10. The molecule has 2 aromatic carbocycles. The van der Waals surface area contributed by atoms with E-state index in [0.717, 1.165) is 16.8 Å². The van der Waals surface area contributed by atoms with Crippen molar-refractivity contribution in [2.24, 2.45) is 10.6 Å². The van der Waals surface area contributed by atoms with Crippen LogP contribution in [0, 0.1) is 5.41 Å². The lowest BCUT2D eigenvalue weighted by atomic mass is 9.91. The van der Waals surface area contributed by atoms with E-state index in [2.05, 4.69) is 25.9 Å². The summed E-state index contributed by atoms with van der Waals surface area (Å²) in [5.74, 6) is 0.0761. The highest BCUT2D eigenvalue weighted by molar-refractivity contribution is 6.34. The molecule has 0 unspecified atom stereocenters. The maximum Gasteiger partial charge on any atom is 0.223 e. The Bertz CT molecular complexity index is 906. The SMILES string of the molecule is CC(C)(C)CC(=O)N(Cc1ccccc1Cl)C[C@H]1CC(c2ccccc2Cl)=NO1. The second kappa shape index (κ2) is 9.19. The minimum Gasteiger partial charge on any atom is -0.390 e. The summed E-state index contributed by atoms with van der Waals surface area (Å²) in [6.45, 7) is 7.06. The minimum atomic E-state index is -0.215. The Hall–Kier alpha value is -2.04. The summed E-state index contributed by atoms with van der Waals surface area (Å²) in [7, 11) is 0. The molecule has 0 radical (unpaired) electrons. The van der Waals surface area contributed by atoms with Gasteiger partial charge in [0, 0.05) is 35.0 Å². The highest BCUT2D eigenvalue weighted by Crippen LogP contribution is 2.26. The van der Waals surface area contributed by atoms with Gasteiger partial charge in [0.1, 0.15) is 0 Å². The second-order valence-electron chi connectivity index (χ2n) is 8.55. The summed E-state index contributed by atoms with van der Waals surface area (Å²) < 4.78 is 0. The van der Waals surface area contributed by atoms with Gasteiger partial charge in [0.05, 0.1) is 12.3 Å². The van der Waals surface area contributed by atoms with Crippen LogP contribution in [-0.2, 0) is 16.2 Å². The van der Waals surface area contributed by atoms with Gasteiger partial charge in [-0.2, -0.15) is 0 Å². The lowest BCUT2D eigenvalue weighted by Crippen LogP contribution is -2.39. The number of nitrogens with zero attached hydrogens (tertiary/aromatic N) is 2. The molecule has 1 aliphatic rings. The standard InChI is InChI=1S/C23H26Cl2N2O2/c1-23(2,3)13-22(28)27(14-16-8-4-6-10-19(16)24)15-17-12-21(26-29-17)18-9-5-7-11-20(18)25/h4-11,17H,12-15H2,1-3H3/t17-/m1/s1. The summed E-state index contributed by atoms with van der Waals surface area (Å²) in [4.78, 5) is 20.5. The molecule has 0 aromatic heterocycles. The summed E-state index contributed by atoms with van der Waals surface area (Å²) in [5, 5.41) is 5.53. The fourth-order valence-corrected chi connectivity index (χ4v) is 3.72. The van der Waals surface area contributed by atoms with E-state index in [4.69, 9.17) is 28.0 Å². The zero-order valence-electron chi connectivity index (χ0n) is 17.0. The molecule has 3 rings (SSSR count). The van der Waals surface area contributed by atoms with Gasteiger partial charge in [0.2, 0.25) is 5.91 Å². The number of halogens is 2. The Morgan fingerprint density at radius 2 is 1.76 bits per heavy atom. The Morgan fingerprint density at radius 1 is 1.10 bits per heavy atom. The van der Waals surface area contributed by atoms with Crippen molar-refractivity contribution < 1.29 is 9.63 Å².